The average Bonchev–Trinajstić information content (AvgIpc) is 2.68. The first-order chi connectivity index (χ1) is 13.1. The lowest BCUT2D eigenvalue weighted by Gasteiger charge is -2.36. The maximum Gasteiger partial charge on any atom is 0.285 e. The number of carbonyl (C=O) groups is 1. The smallest absolute Gasteiger partial charge is 0.285 e. The van der Waals surface area contributed by atoms with Crippen LogP contribution in [0, 0.1) is 17.0 Å². The van der Waals surface area contributed by atoms with E-state index in [4.69, 9.17) is 0 Å². The second kappa shape index (κ2) is 8.64. The average molecular weight is 368 g/mol. The lowest BCUT2D eigenvalue weighted by atomic mass is 10.1. The van der Waals surface area contributed by atoms with Crippen LogP contribution in [-0.2, 0) is 0 Å². The second-order valence-electron chi connectivity index (χ2n) is 6.65. The molecule has 1 heterocycles. The highest BCUT2D eigenvalue weighted by atomic mass is 16.6. The summed E-state index contributed by atoms with van der Waals surface area (Å²) in [6.45, 7) is 6.58. The Bertz CT molecular complexity index is 802. The first-order valence-electron chi connectivity index (χ1n) is 9.11. The number of piperazine rings is 1. The van der Waals surface area contributed by atoms with Crippen molar-refractivity contribution in [2.24, 2.45) is 0 Å². The summed E-state index contributed by atoms with van der Waals surface area (Å²) in [7, 11) is 0. The molecule has 1 N–H and O–H groups in total. The Balaban J connectivity index is 1.48. The summed E-state index contributed by atoms with van der Waals surface area (Å²) in [6.07, 6.45) is 0. The monoisotopic (exact) mass is 368 g/mol. The fraction of sp³-hybridized carbons (Fsp3) is 0.350. The van der Waals surface area contributed by atoms with Gasteiger partial charge in [0.15, 0.2) is 0 Å². The Morgan fingerprint density at radius 1 is 1.07 bits per heavy atom. The third-order valence-corrected chi connectivity index (χ3v) is 4.87. The minimum absolute atomic E-state index is 0.119. The van der Waals surface area contributed by atoms with E-state index in [0.29, 0.717) is 12.1 Å². The Labute approximate surface area is 158 Å². The fourth-order valence-electron chi connectivity index (χ4n) is 3.38. The van der Waals surface area contributed by atoms with Crippen molar-refractivity contribution in [3.05, 3.63) is 69.8 Å². The predicted octanol–water partition coefficient (Wildman–Crippen LogP) is 2.46. The molecule has 2 aromatic rings. The van der Waals surface area contributed by atoms with Gasteiger partial charge in [0.05, 0.1) is 4.92 Å². The summed E-state index contributed by atoms with van der Waals surface area (Å²) in [6, 6.07) is 15.1. The first-order valence-corrected chi connectivity index (χ1v) is 9.11. The number of para-hydroxylation sites is 2. The van der Waals surface area contributed by atoms with Crippen molar-refractivity contribution in [3.63, 3.8) is 0 Å². The zero-order valence-corrected chi connectivity index (χ0v) is 15.4. The fourth-order valence-corrected chi connectivity index (χ4v) is 3.38. The minimum atomic E-state index is -0.493. The van der Waals surface area contributed by atoms with Crippen molar-refractivity contribution < 1.29 is 9.72 Å². The molecule has 0 saturated carbocycles. The van der Waals surface area contributed by atoms with Crippen LogP contribution in [0.3, 0.4) is 0 Å². The molecule has 0 unspecified atom stereocenters. The van der Waals surface area contributed by atoms with Crippen LogP contribution in [0.2, 0.25) is 0 Å². The number of anilines is 1. The topological polar surface area (TPSA) is 78.7 Å². The molecule has 0 radical (unpaired) electrons. The highest BCUT2D eigenvalue weighted by Crippen LogP contribution is 2.22. The highest BCUT2D eigenvalue weighted by molar-refractivity contribution is 5.98. The number of hydrogen-bond donors (Lipinski definition) is 1. The largest absolute Gasteiger partial charge is 0.369 e. The molecule has 1 saturated heterocycles. The van der Waals surface area contributed by atoms with E-state index < -0.39 is 10.8 Å². The predicted molar refractivity (Wildman–Crippen MR) is 105 cm³/mol. The number of benzene rings is 2. The van der Waals surface area contributed by atoms with Gasteiger partial charge in [-0.05, 0) is 25.1 Å². The van der Waals surface area contributed by atoms with Crippen LogP contribution in [0.4, 0.5) is 11.4 Å². The summed E-state index contributed by atoms with van der Waals surface area (Å²) in [5.41, 5.74) is 1.72. The summed E-state index contributed by atoms with van der Waals surface area (Å²) in [4.78, 5) is 27.7. The van der Waals surface area contributed by atoms with Gasteiger partial charge in [0.25, 0.3) is 11.6 Å². The molecule has 1 fully saturated rings. The van der Waals surface area contributed by atoms with Gasteiger partial charge in [-0.25, -0.2) is 0 Å². The standard InChI is InChI=1S/C20H24N4O3/c1-16-6-5-9-18(19(16)24(26)27)20(25)21-10-11-22-12-14-23(15-13-22)17-7-3-2-4-8-17/h2-9H,10-15H2,1H3,(H,21,25). The van der Waals surface area contributed by atoms with Crippen molar-refractivity contribution in [2.45, 2.75) is 6.92 Å². The quantitative estimate of drug-likeness (QED) is 0.626. The number of nitro groups is 1. The van der Waals surface area contributed by atoms with Crippen molar-refractivity contribution >= 4 is 17.3 Å². The summed E-state index contributed by atoms with van der Waals surface area (Å²) in [5.74, 6) is -0.395. The molecule has 1 amide bonds. The summed E-state index contributed by atoms with van der Waals surface area (Å²) in [5, 5.41) is 14.0. The molecular formula is C20H24N4O3. The maximum absolute atomic E-state index is 12.4. The normalized spacial score (nSPS) is 14.8. The van der Waals surface area contributed by atoms with E-state index in [-0.39, 0.29) is 11.3 Å². The van der Waals surface area contributed by atoms with Crippen LogP contribution in [0.1, 0.15) is 15.9 Å². The molecule has 1 aliphatic heterocycles. The third kappa shape index (κ3) is 4.62. The molecule has 0 spiro atoms. The van der Waals surface area contributed by atoms with Gasteiger partial charge < -0.3 is 10.2 Å². The Hall–Kier alpha value is -2.93. The molecule has 0 aliphatic carbocycles. The Morgan fingerprint density at radius 3 is 2.44 bits per heavy atom. The molecule has 0 atom stereocenters. The van der Waals surface area contributed by atoms with Crippen molar-refractivity contribution in [3.8, 4) is 0 Å². The zero-order valence-electron chi connectivity index (χ0n) is 15.4. The number of aryl methyl sites for hydroxylation is 1. The molecule has 142 valence electrons. The molecule has 2 aromatic carbocycles. The minimum Gasteiger partial charge on any atom is -0.369 e. The van der Waals surface area contributed by atoms with Crippen LogP contribution < -0.4 is 10.2 Å². The lowest BCUT2D eigenvalue weighted by molar-refractivity contribution is -0.385. The Kier molecular flexibility index (Phi) is 6.03. The molecule has 0 aromatic heterocycles. The number of hydrogen-bond acceptors (Lipinski definition) is 5. The Morgan fingerprint density at radius 2 is 1.78 bits per heavy atom. The van der Waals surface area contributed by atoms with Crippen LogP contribution in [0.5, 0.6) is 0 Å². The third-order valence-electron chi connectivity index (χ3n) is 4.87. The molecule has 3 rings (SSSR count). The van der Waals surface area contributed by atoms with Gasteiger partial charge in [-0.3, -0.25) is 19.8 Å². The molecule has 7 nitrogen and oxygen atoms in total. The summed E-state index contributed by atoms with van der Waals surface area (Å²) >= 11 is 0. The highest BCUT2D eigenvalue weighted by Gasteiger charge is 2.22. The number of amides is 1. The lowest BCUT2D eigenvalue weighted by Crippen LogP contribution is -2.48. The van der Waals surface area contributed by atoms with Crippen LogP contribution in [0.25, 0.3) is 0 Å². The van der Waals surface area contributed by atoms with Gasteiger partial charge in [0, 0.05) is 50.5 Å². The number of nitro benzene ring substituents is 1. The van der Waals surface area contributed by atoms with Crippen molar-refractivity contribution in [2.75, 3.05) is 44.2 Å². The van der Waals surface area contributed by atoms with Crippen LogP contribution >= 0.6 is 0 Å². The summed E-state index contributed by atoms with van der Waals surface area (Å²) < 4.78 is 0. The number of nitrogens with zero attached hydrogens (tertiary/aromatic N) is 3. The molecule has 1 aliphatic rings. The van der Waals surface area contributed by atoms with E-state index in [1.807, 2.05) is 18.2 Å². The molecular weight excluding hydrogens is 344 g/mol. The SMILES string of the molecule is Cc1cccc(C(=O)NCCN2CCN(c3ccccc3)CC2)c1[N+](=O)[O-]. The van der Waals surface area contributed by atoms with Gasteiger partial charge in [0.1, 0.15) is 5.56 Å². The van der Waals surface area contributed by atoms with E-state index in [9.17, 15) is 14.9 Å². The number of rotatable bonds is 6. The van der Waals surface area contributed by atoms with Gasteiger partial charge >= 0.3 is 0 Å². The van der Waals surface area contributed by atoms with Crippen LogP contribution in [-0.4, -0.2) is 55.0 Å². The van der Waals surface area contributed by atoms with Crippen LogP contribution in [0.15, 0.2) is 48.5 Å². The van der Waals surface area contributed by atoms with Gasteiger partial charge in [0.2, 0.25) is 0 Å². The van der Waals surface area contributed by atoms with E-state index in [2.05, 4.69) is 27.2 Å². The van der Waals surface area contributed by atoms with Gasteiger partial charge in [-0.2, -0.15) is 0 Å². The molecule has 27 heavy (non-hydrogen) atoms. The van der Waals surface area contributed by atoms with Gasteiger partial charge in [-0.1, -0.05) is 30.3 Å². The molecule has 7 heteroatoms. The first kappa shape index (κ1) is 18.8. The van der Waals surface area contributed by atoms with E-state index in [0.717, 1.165) is 32.7 Å². The van der Waals surface area contributed by atoms with Crippen molar-refractivity contribution in [1.29, 1.82) is 0 Å². The van der Waals surface area contributed by atoms with E-state index in [1.54, 1.807) is 19.1 Å². The number of nitrogens with one attached hydrogen (secondary N) is 1. The zero-order chi connectivity index (χ0) is 19.2. The maximum atomic E-state index is 12.4. The van der Waals surface area contributed by atoms with E-state index >= 15 is 0 Å². The molecule has 0 bridgehead atoms. The second-order valence-corrected chi connectivity index (χ2v) is 6.65. The number of carbonyl (C=O) groups excluding carboxylic acids is 1. The van der Waals surface area contributed by atoms with Crippen molar-refractivity contribution in [1.82, 2.24) is 10.2 Å². The van der Waals surface area contributed by atoms with Gasteiger partial charge in [-0.15, -0.1) is 0 Å². The van der Waals surface area contributed by atoms with E-state index in [1.165, 1.54) is 11.8 Å².